The molecule has 0 unspecified atom stereocenters. The van der Waals surface area contributed by atoms with E-state index >= 15 is 0 Å². The summed E-state index contributed by atoms with van der Waals surface area (Å²) in [7, 11) is -2.11. The van der Waals surface area contributed by atoms with Gasteiger partial charge in [-0.1, -0.05) is 24.3 Å². The minimum absolute atomic E-state index is 0.416. The van der Waals surface area contributed by atoms with Crippen LogP contribution in [0.4, 0.5) is 5.69 Å². The van der Waals surface area contributed by atoms with Crippen molar-refractivity contribution in [2.45, 2.75) is 6.42 Å². The molecular formula is C12H11NO2S. The first-order valence-corrected chi connectivity index (χ1v) is 5.93. The van der Waals surface area contributed by atoms with Gasteiger partial charge in [0, 0.05) is 12.1 Å². The van der Waals surface area contributed by atoms with Gasteiger partial charge >= 0.3 is 0 Å². The third kappa shape index (κ3) is 2.23. The van der Waals surface area contributed by atoms with Crippen molar-refractivity contribution in [2.24, 2.45) is 0 Å². The van der Waals surface area contributed by atoms with Crippen molar-refractivity contribution in [3.05, 3.63) is 48.1 Å². The molecule has 0 aliphatic heterocycles. The normalized spacial score (nSPS) is 14.8. The van der Waals surface area contributed by atoms with Gasteiger partial charge in [0.25, 0.3) is 0 Å². The number of hydrogen-bond donors (Lipinski definition) is 1. The molecule has 0 saturated carbocycles. The van der Waals surface area contributed by atoms with Gasteiger partial charge in [-0.15, -0.1) is 0 Å². The van der Waals surface area contributed by atoms with E-state index in [1.165, 1.54) is 0 Å². The molecular weight excluding hydrogens is 222 g/mol. The van der Waals surface area contributed by atoms with Gasteiger partial charge in [-0.05, 0) is 29.3 Å². The molecule has 16 heavy (non-hydrogen) atoms. The Hall–Kier alpha value is -1.81. The average Bonchev–Trinajstić information content (AvgIpc) is 2.30. The molecule has 0 radical (unpaired) electrons. The minimum Gasteiger partial charge on any atom is -0.399 e. The zero-order chi connectivity index (χ0) is 11.5. The van der Waals surface area contributed by atoms with Crippen LogP contribution in [-0.2, 0) is 10.3 Å². The van der Waals surface area contributed by atoms with Gasteiger partial charge in [-0.2, -0.15) is 8.42 Å². The molecule has 2 N–H and O–H groups in total. The predicted molar refractivity (Wildman–Crippen MR) is 66.5 cm³/mol. The lowest BCUT2D eigenvalue weighted by Crippen LogP contribution is -1.98. The molecule has 1 aromatic rings. The van der Waals surface area contributed by atoms with Crippen LogP contribution in [0.25, 0.3) is 5.57 Å². The lowest BCUT2D eigenvalue weighted by Gasteiger charge is -2.07. The standard InChI is InChI=1S/C12H11NO2S/c13-11-5-1-9(2-6-11)10-3-7-12(8-4-10)16(14)15/h1-7H,8,13H2. The van der Waals surface area contributed by atoms with E-state index in [4.69, 9.17) is 5.73 Å². The summed E-state index contributed by atoms with van der Waals surface area (Å²) in [6.07, 6.45) is 5.79. The Bertz CT molecular complexity index is 584. The molecule has 0 saturated heterocycles. The predicted octanol–water partition coefficient (Wildman–Crippen LogP) is 1.66. The molecule has 0 fully saturated rings. The molecule has 0 heterocycles. The van der Waals surface area contributed by atoms with Crippen LogP contribution >= 0.6 is 0 Å². The summed E-state index contributed by atoms with van der Waals surface area (Å²) in [5.41, 5.74) is 8.38. The highest BCUT2D eigenvalue weighted by Gasteiger charge is 2.05. The van der Waals surface area contributed by atoms with Gasteiger partial charge in [0.1, 0.15) is 0 Å². The molecule has 0 spiro atoms. The number of anilines is 1. The first-order valence-electron chi connectivity index (χ1n) is 4.86. The maximum atomic E-state index is 10.7. The molecule has 0 aromatic heterocycles. The van der Waals surface area contributed by atoms with Crippen LogP contribution in [0.15, 0.2) is 42.5 Å². The molecule has 3 nitrogen and oxygen atoms in total. The zero-order valence-corrected chi connectivity index (χ0v) is 9.37. The minimum atomic E-state index is -2.11. The molecule has 0 atom stereocenters. The second kappa shape index (κ2) is 4.37. The summed E-state index contributed by atoms with van der Waals surface area (Å²) < 4.78 is 21.4. The Kier molecular flexibility index (Phi) is 2.92. The summed E-state index contributed by atoms with van der Waals surface area (Å²) in [6.45, 7) is 0. The number of benzene rings is 1. The Balaban J connectivity index is 2.31. The van der Waals surface area contributed by atoms with Gasteiger partial charge < -0.3 is 5.73 Å². The number of nitrogen functional groups attached to an aromatic ring is 1. The molecule has 0 bridgehead atoms. The monoisotopic (exact) mass is 233 g/mol. The van der Waals surface area contributed by atoms with Crippen LogP contribution < -0.4 is 5.73 Å². The van der Waals surface area contributed by atoms with Crippen molar-refractivity contribution >= 4 is 26.4 Å². The summed E-state index contributed by atoms with van der Waals surface area (Å²) in [5, 5.41) is 0. The van der Waals surface area contributed by atoms with Gasteiger partial charge in [-0.3, -0.25) is 0 Å². The first-order chi connectivity index (χ1) is 7.66. The molecule has 0 amide bonds. The van der Waals surface area contributed by atoms with Crippen molar-refractivity contribution in [1.82, 2.24) is 0 Å². The summed E-state index contributed by atoms with van der Waals surface area (Å²) in [6, 6.07) is 7.50. The fourth-order valence-electron chi connectivity index (χ4n) is 1.54. The van der Waals surface area contributed by atoms with E-state index in [2.05, 4.69) is 0 Å². The maximum Gasteiger partial charge on any atom is 0.217 e. The molecule has 4 heteroatoms. The lowest BCUT2D eigenvalue weighted by molar-refractivity contribution is 0.627. The van der Waals surface area contributed by atoms with Gasteiger partial charge in [0.2, 0.25) is 10.3 Å². The van der Waals surface area contributed by atoms with E-state index in [0.717, 1.165) is 16.8 Å². The SMILES string of the molecule is Nc1ccc(C2=CCC(=S(=O)=O)C=C2)cc1. The number of nitrogens with two attached hydrogens (primary N) is 1. The van der Waals surface area contributed by atoms with Crippen LogP contribution in [0.5, 0.6) is 0 Å². The third-order valence-electron chi connectivity index (χ3n) is 2.43. The van der Waals surface area contributed by atoms with E-state index in [9.17, 15) is 8.42 Å². The van der Waals surface area contributed by atoms with E-state index in [0.29, 0.717) is 11.3 Å². The topological polar surface area (TPSA) is 60.2 Å². The smallest absolute Gasteiger partial charge is 0.217 e. The molecule has 1 aliphatic carbocycles. The van der Waals surface area contributed by atoms with Crippen LogP contribution in [-0.4, -0.2) is 13.3 Å². The van der Waals surface area contributed by atoms with E-state index in [1.807, 2.05) is 30.3 Å². The van der Waals surface area contributed by atoms with Gasteiger partial charge in [-0.25, -0.2) is 0 Å². The Labute approximate surface area is 95.4 Å². The zero-order valence-electron chi connectivity index (χ0n) is 8.55. The summed E-state index contributed by atoms with van der Waals surface area (Å²) >= 11 is 0. The average molecular weight is 233 g/mol. The fraction of sp³-hybridized carbons (Fsp3) is 0.0833. The van der Waals surface area contributed by atoms with E-state index in [1.54, 1.807) is 12.2 Å². The highest BCUT2D eigenvalue weighted by atomic mass is 32.2. The maximum absolute atomic E-state index is 10.7. The third-order valence-corrected chi connectivity index (χ3v) is 3.16. The fourth-order valence-corrected chi connectivity index (χ4v) is 1.94. The number of allylic oxidation sites excluding steroid dienone is 4. The van der Waals surface area contributed by atoms with Gasteiger partial charge in [0.15, 0.2) is 0 Å². The summed E-state index contributed by atoms with van der Waals surface area (Å²) in [5.74, 6) is 0. The number of hydrogen-bond acceptors (Lipinski definition) is 3. The Morgan fingerprint density at radius 1 is 1.06 bits per heavy atom. The largest absolute Gasteiger partial charge is 0.399 e. The van der Waals surface area contributed by atoms with Crippen LogP contribution in [0, 0.1) is 0 Å². The van der Waals surface area contributed by atoms with E-state index < -0.39 is 10.3 Å². The highest BCUT2D eigenvalue weighted by molar-refractivity contribution is 7.73. The quantitative estimate of drug-likeness (QED) is 0.593. The Morgan fingerprint density at radius 3 is 2.25 bits per heavy atom. The second-order valence-corrected chi connectivity index (χ2v) is 4.51. The van der Waals surface area contributed by atoms with Crippen molar-refractivity contribution in [2.75, 3.05) is 5.73 Å². The highest BCUT2D eigenvalue weighted by Crippen LogP contribution is 2.21. The molecule has 82 valence electrons. The lowest BCUT2D eigenvalue weighted by atomic mass is 9.99. The molecule has 1 aromatic carbocycles. The van der Waals surface area contributed by atoms with E-state index in [-0.39, 0.29) is 0 Å². The van der Waals surface area contributed by atoms with Gasteiger partial charge in [0.05, 0.1) is 4.86 Å². The molecule has 1 aliphatic rings. The Morgan fingerprint density at radius 2 is 1.75 bits per heavy atom. The van der Waals surface area contributed by atoms with Crippen molar-refractivity contribution < 1.29 is 8.42 Å². The second-order valence-electron chi connectivity index (χ2n) is 3.52. The van der Waals surface area contributed by atoms with Crippen LogP contribution in [0.3, 0.4) is 0 Å². The van der Waals surface area contributed by atoms with Crippen molar-refractivity contribution in [1.29, 1.82) is 0 Å². The first kappa shape index (κ1) is 10.7. The number of rotatable bonds is 1. The van der Waals surface area contributed by atoms with Crippen molar-refractivity contribution in [3.8, 4) is 0 Å². The summed E-state index contributed by atoms with van der Waals surface area (Å²) in [4.78, 5) is 0.416. The van der Waals surface area contributed by atoms with Crippen molar-refractivity contribution in [3.63, 3.8) is 0 Å². The van der Waals surface area contributed by atoms with Crippen LogP contribution in [0.2, 0.25) is 0 Å². The molecule has 2 rings (SSSR count). The van der Waals surface area contributed by atoms with Crippen LogP contribution in [0.1, 0.15) is 12.0 Å².